The van der Waals surface area contributed by atoms with Crippen molar-refractivity contribution in [3.05, 3.63) is 24.3 Å². The molecule has 1 aromatic carbocycles. The van der Waals surface area contributed by atoms with Crippen LogP contribution in [0.1, 0.15) is 12.8 Å². The predicted octanol–water partition coefficient (Wildman–Crippen LogP) is 2.10. The molecule has 3 N–H and O–H groups in total. The van der Waals surface area contributed by atoms with Crippen LogP contribution in [0.15, 0.2) is 29.2 Å². The van der Waals surface area contributed by atoms with Gasteiger partial charge in [-0.15, -0.1) is 24.2 Å². The van der Waals surface area contributed by atoms with E-state index in [0.717, 1.165) is 24.4 Å². The van der Waals surface area contributed by atoms with Crippen LogP contribution in [0, 0.1) is 11.8 Å². The van der Waals surface area contributed by atoms with E-state index in [9.17, 15) is 9.90 Å². The van der Waals surface area contributed by atoms with E-state index in [2.05, 4.69) is 0 Å². The van der Waals surface area contributed by atoms with E-state index in [1.807, 2.05) is 17.0 Å². The fourth-order valence-corrected chi connectivity index (χ4v) is 4.09. The SMILES string of the molecule is Cl.NC1CCC2CN(C(=O)CSc3ccc(O)cc3)CC12. The molecule has 1 amide bonds. The Bertz CT molecular complexity index is 497. The lowest BCUT2D eigenvalue weighted by Crippen LogP contribution is -2.34. The molecule has 1 aliphatic heterocycles. The Morgan fingerprint density at radius 1 is 1.29 bits per heavy atom. The van der Waals surface area contributed by atoms with E-state index in [4.69, 9.17) is 5.73 Å². The van der Waals surface area contributed by atoms with Gasteiger partial charge in [-0.05, 0) is 48.9 Å². The normalized spacial score (nSPS) is 27.3. The highest BCUT2D eigenvalue weighted by molar-refractivity contribution is 8.00. The molecule has 1 aliphatic carbocycles. The number of hydrogen-bond donors (Lipinski definition) is 2. The van der Waals surface area contributed by atoms with E-state index in [-0.39, 0.29) is 30.1 Å². The van der Waals surface area contributed by atoms with Gasteiger partial charge in [0.25, 0.3) is 0 Å². The van der Waals surface area contributed by atoms with Crippen molar-refractivity contribution < 1.29 is 9.90 Å². The smallest absolute Gasteiger partial charge is 0.232 e. The summed E-state index contributed by atoms with van der Waals surface area (Å²) in [6.45, 7) is 1.72. The summed E-state index contributed by atoms with van der Waals surface area (Å²) in [6, 6.07) is 7.24. The molecule has 2 fully saturated rings. The number of thioether (sulfide) groups is 1. The molecule has 1 saturated heterocycles. The van der Waals surface area contributed by atoms with Gasteiger partial charge in [0.2, 0.25) is 5.91 Å². The lowest BCUT2D eigenvalue weighted by Gasteiger charge is -2.18. The molecule has 3 rings (SSSR count). The van der Waals surface area contributed by atoms with Gasteiger partial charge in [-0.25, -0.2) is 0 Å². The predicted molar refractivity (Wildman–Crippen MR) is 86.8 cm³/mol. The fourth-order valence-electron chi connectivity index (χ4n) is 3.29. The minimum atomic E-state index is 0. The van der Waals surface area contributed by atoms with E-state index in [1.54, 1.807) is 12.1 Å². The molecule has 2 aliphatic rings. The third-order valence-corrected chi connectivity index (χ3v) is 5.46. The molecule has 0 bridgehead atoms. The van der Waals surface area contributed by atoms with E-state index < -0.39 is 0 Å². The maximum Gasteiger partial charge on any atom is 0.232 e. The Labute approximate surface area is 135 Å². The molecule has 6 heteroatoms. The minimum absolute atomic E-state index is 0. The quantitative estimate of drug-likeness (QED) is 0.834. The van der Waals surface area contributed by atoms with Crippen molar-refractivity contribution in [2.75, 3.05) is 18.8 Å². The number of benzene rings is 1. The van der Waals surface area contributed by atoms with Crippen LogP contribution in [0.5, 0.6) is 5.75 Å². The van der Waals surface area contributed by atoms with Gasteiger partial charge in [0, 0.05) is 24.0 Å². The molecule has 3 unspecified atom stereocenters. The molecule has 0 spiro atoms. The Morgan fingerprint density at radius 2 is 2.00 bits per heavy atom. The molecular weight excluding hydrogens is 308 g/mol. The monoisotopic (exact) mass is 328 g/mol. The van der Waals surface area contributed by atoms with E-state index >= 15 is 0 Å². The first-order valence-corrected chi connectivity index (χ1v) is 8.07. The van der Waals surface area contributed by atoms with Crippen LogP contribution in [0.3, 0.4) is 0 Å². The second-order valence-electron chi connectivity index (χ2n) is 5.75. The second-order valence-corrected chi connectivity index (χ2v) is 6.80. The number of fused-ring (bicyclic) bond motifs is 1. The van der Waals surface area contributed by atoms with Crippen LogP contribution in [0.25, 0.3) is 0 Å². The number of hydrogen-bond acceptors (Lipinski definition) is 4. The van der Waals surface area contributed by atoms with E-state index in [1.165, 1.54) is 18.2 Å². The largest absolute Gasteiger partial charge is 0.508 e. The van der Waals surface area contributed by atoms with Gasteiger partial charge in [0.05, 0.1) is 5.75 Å². The summed E-state index contributed by atoms with van der Waals surface area (Å²) in [6.07, 6.45) is 2.28. The van der Waals surface area contributed by atoms with Crippen molar-refractivity contribution in [2.45, 2.75) is 23.8 Å². The summed E-state index contributed by atoms with van der Waals surface area (Å²) in [7, 11) is 0. The first kappa shape index (κ1) is 16.5. The lowest BCUT2D eigenvalue weighted by atomic mass is 9.98. The van der Waals surface area contributed by atoms with Crippen LogP contribution in [-0.2, 0) is 4.79 Å². The van der Waals surface area contributed by atoms with Crippen molar-refractivity contribution in [3.63, 3.8) is 0 Å². The zero-order chi connectivity index (χ0) is 14.1. The van der Waals surface area contributed by atoms with Gasteiger partial charge in [0.1, 0.15) is 5.75 Å². The second kappa shape index (κ2) is 6.90. The number of nitrogens with zero attached hydrogens (tertiary/aromatic N) is 1. The summed E-state index contributed by atoms with van der Waals surface area (Å²) < 4.78 is 0. The molecule has 1 heterocycles. The molecule has 1 saturated carbocycles. The van der Waals surface area contributed by atoms with Gasteiger partial charge >= 0.3 is 0 Å². The van der Waals surface area contributed by atoms with Crippen LogP contribution < -0.4 is 5.73 Å². The molecule has 3 atom stereocenters. The Kier molecular flexibility index (Phi) is 5.41. The van der Waals surface area contributed by atoms with Crippen molar-refractivity contribution >= 4 is 30.1 Å². The maximum absolute atomic E-state index is 12.2. The zero-order valence-electron chi connectivity index (χ0n) is 11.8. The van der Waals surface area contributed by atoms with Crippen LogP contribution in [0.4, 0.5) is 0 Å². The maximum atomic E-state index is 12.2. The summed E-state index contributed by atoms with van der Waals surface area (Å²) in [5.74, 6) is 2.04. The highest BCUT2D eigenvalue weighted by Crippen LogP contribution is 2.37. The number of halogens is 1. The molecule has 116 valence electrons. The van der Waals surface area contributed by atoms with Crippen LogP contribution in [-0.4, -0.2) is 40.8 Å². The van der Waals surface area contributed by atoms with Crippen molar-refractivity contribution in [3.8, 4) is 5.75 Å². The summed E-state index contributed by atoms with van der Waals surface area (Å²) in [4.78, 5) is 15.2. The number of nitrogens with two attached hydrogens (primary N) is 1. The summed E-state index contributed by atoms with van der Waals surface area (Å²) in [5, 5.41) is 9.23. The average Bonchev–Trinajstić information content (AvgIpc) is 3.01. The number of amides is 1. The minimum Gasteiger partial charge on any atom is -0.508 e. The Hall–Kier alpha value is -0.910. The number of phenolic OH excluding ortho intramolecular Hbond substituents is 1. The van der Waals surface area contributed by atoms with Crippen molar-refractivity contribution in [1.29, 1.82) is 0 Å². The van der Waals surface area contributed by atoms with Crippen LogP contribution >= 0.6 is 24.2 Å². The topological polar surface area (TPSA) is 66.6 Å². The molecule has 0 radical (unpaired) electrons. The number of carbonyl (C=O) groups is 1. The van der Waals surface area contributed by atoms with Gasteiger partial charge in [-0.2, -0.15) is 0 Å². The standard InChI is InChI=1S/C15H20N2O2S.ClH/c16-14-6-1-10-7-17(8-13(10)14)15(19)9-20-12-4-2-11(18)3-5-12;/h2-5,10,13-14,18H,1,6-9,16H2;1H. The van der Waals surface area contributed by atoms with Crippen molar-refractivity contribution in [1.82, 2.24) is 4.90 Å². The number of carbonyl (C=O) groups excluding carboxylic acids is 1. The van der Waals surface area contributed by atoms with Gasteiger partial charge in [-0.1, -0.05) is 0 Å². The third-order valence-electron chi connectivity index (χ3n) is 4.46. The van der Waals surface area contributed by atoms with Crippen molar-refractivity contribution in [2.24, 2.45) is 17.6 Å². The molecular formula is C15H21ClN2O2S. The number of phenols is 1. The third kappa shape index (κ3) is 3.65. The van der Waals surface area contributed by atoms with Gasteiger partial charge < -0.3 is 15.7 Å². The first-order valence-electron chi connectivity index (χ1n) is 7.08. The molecule has 0 aromatic heterocycles. The highest BCUT2D eigenvalue weighted by atomic mass is 35.5. The zero-order valence-corrected chi connectivity index (χ0v) is 13.4. The summed E-state index contributed by atoms with van der Waals surface area (Å²) >= 11 is 1.52. The fraction of sp³-hybridized carbons (Fsp3) is 0.533. The van der Waals surface area contributed by atoms with Crippen LogP contribution in [0.2, 0.25) is 0 Å². The van der Waals surface area contributed by atoms with Gasteiger partial charge in [0.15, 0.2) is 0 Å². The van der Waals surface area contributed by atoms with E-state index in [0.29, 0.717) is 17.6 Å². The number of rotatable bonds is 3. The van der Waals surface area contributed by atoms with Gasteiger partial charge in [-0.3, -0.25) is 4.79 Å². The highest BCUT2D eigenvalue weighted by Gasteiger charge is 2.42. The lowest BCUT2D eigenvalue weighted by molar-refractivity contribution is -0.127. The summed E-state index contributed by atoms with van der Waals surface area (Å²) in [5.41, 5.74) is 6.09. The Morgan fingerprint density at radius 3 is 2.67 bits per heavy atom. The molecule has 4 nitrogen and oxygen atoms in total. The molecule has 1 aromatic rings. The number of likely N-dealkylation sites (tertiary alicyclic amines) is 1. The average molecular weight is 329 g/mol. The number of aromatic hydroxyl groups is 1. The Balaban J connectivity index is 0.00000161. The first-order chi connectivity index (χ1) is 9.63. The molecule has 21 heavy (non-hydrogen) atoms.